The van der Waals surface area contributed by atoms with E-state index in [0.717, 1.165) is 24.4 Å². The van der Waals surface area contributed by atoms with Crippen molar-refractivity contribution in [2.75, 3.05) is 13.2 Å². The van der Waals surface area contributed by atoms with Crippen molar-refractivity contribution in [3.63, 3.8) is 0 Å². The van der Waals surface area contributed by atoms with Crippen molar-refractivity contribution in [2.24, 2.45) is 0 Å². The number of rotatable bonds is 6. The van der Waals surface area contributed by atoms with Gasteiger partial charge in [0.2, 0.25) is 5.88 Å². The fourth-order valence-electron chi connectivity index (χ4n) is 1.90. The van der Waals surface area contributed by atoms with Crippen molar-refractivity contribution < 1.29 is 9.47 Å². The van der Waals surface area contributed by atoms with Crippen molar-refractivity contribution in [1.29, 1.82) is 0 Å². The molecule has 0 saturated heterocycles. The summed E-state index contributed by atoms with van der Waals surface area (Å²) in [5, 5.41) is 0. The van der Waals surface area contributed by atoms with Crippen LogP contribution in [0.5, 0.6) is 11.6 Å². The van der Waals surface area contributed by atoms with Crippen molar-refractivity contribution >= 4 is 0 Å². The van der Waals surface area contributed by atoms with Gasteiger partial charge in [0.15, 0.2) is 0 Å². The molecule has 1 aliphatic rings. The van der Waals surface area contributed by atoms with Gasteiger partial charge in [-0.3, -0.25) is 4.79 Å². The largest absolute Gasteiger partial charge is 0.490 e. The molecule has 1 saturated carbocycles. The topological polar surface area (TPSA) is 64.2 Å². The average Bonchev–Trinajstić information content (AvgIpc) is 3.29. The Labute approximate surface area is 116 Å². The molecule has 1 N–H and O–H groups in total. The summed E-state index contributed by atoms with van der Waals surface area (Å²) in [5.74, 6) is 2.30. The summed E-state index contributed by atoms with van der Waals surface area (Å²) >= 11 is 0. The van der Waals surface area contributed by atoms with Crippen LogP contribution < -0.4 is 15.0 Å². The first-order valence-electron chi connectivity index (χ1n) is 6.73. The number of hydrogen-bond donors (Lipinski definition) is 1. The highest BCUT2D eigenvalue weighted by Crippen LogP contribution is 2.37. The monoisotopic (exact) mass is 272 g/mol. The molecule has 1 heterocycles. The zero-order valence-electron chi connectivity index (χ0n) is 11.0. The zero-order valence-corrected chi connectivity index (χ0v) is 11.0. The van der Waals surface area contributed by atoms with Crippen LogP contribution in [0.2, 0.25) is 0 Å². The van der Waals surface area contributed by atoms with Crippen LogP contribution in [-0.2, 0) is 0 Å². The molecule has 1 fully saturated rings. The highest BCUT2D eigenvalue weighted by atomic mass is 16.5. The predicted octanol–water partition coefficient (Wildman–Crippen LogP) is 2.11. The Bertz CT molecular complexity index is 621. The zero-order chi connectivity index (χ0) is 13.8. The molecule has 0 bridgehead atoms. The lowest BCUT2D eigenvalue weighted by Crippen LogP contribution is -2.14. The summed E-state index contributed by atoms with van der Waals surface area (Å²) in [5.41, 5.74) is -0.166. The van der Waals surface area contributed by atoms with Crippen molar-refractivity contribution in [1.82, 2.24) is 9.97 Å². The van der Waals surface area contributed by atoms with Crippen LogP contribution in [0.3, 0.4) is 0 Å². The molecular formula is C15H16N2O3. The second-order valence-electron chi connectivity index (χ2n) is 4.75. The molecule has 2 aromatic rings. The average molecular weight is 272 g/mol. The minimum absolute atomic E-state index is 0.166. The molecule has 104 valence electrons. The lowest BCUT2D eigenvalue weighted by molar-refractivity contribution is 0.211. The molecule has 1 aliphatic carbocycles. The Kier molecular flexibility index (Phi) is 3.67. The first-order valence-corrected chi connectivity index (χ1v) is 6.73. The molecule has 0 amide bonds. The molecule has 5 heteroatoms. The molecule has 0 aliphatic heterocycles. The van der Waals surface area contributed by atoms with Gasteiger partial charge >= 0.3 is 0 Å². The molecule has 3 rings (SSSR count). The van der Waals surface area contributed by atoms with Gasteiger partial charge < -0.3 is 14.5 Å². The summed E-state index contributed by atoms with van der Waals surface area (Å²) in [7, 11) is 0. The molecule has 0 spiro atoms. The Hall–Kier alpha value is -2.30. The maximum absolute atomic E-state index is 11.5. The molecule has 1 aromatic carbocycles. The van der Waals surface area contributed by atoms with Gasteiger partial charge in [-0.2, -0.15) is 4.98 Å². The number of para-hydroxylation sites is 1. The highest BCUT2D eigenvalue weighted by molar-refractivity contribution is 5.20. The number of aromatic amines is 1. The third kappa shape index (κ3) is 3.38. The van der Waals surface area contributed by atoms with E-state index in [1.54, 1.807) is 0 Å². The first-order chi connectivity index (χ1) is 9.81. The molecule has 1 aromatic heterocycles. The first kappa shape index (κ1) is 12.7. The molecule has 20 heavy (non-hydrogen) atoms. The Morgan fingerprint density at radius 2 is 1.90 bits per heavy atom. The molecule has 0 radical (unpaired) electrons. The lowest BCUT2D eigenvalue weighted by Gasteiger charge is -2.08. The quantitative estimate of drug-likeness (QED) is 0.818. The second-order valence-corrected chi connectivity index (χ2v) is 4.75. The van der Waals surface area contributed by atoms with E-state index in [0.29, 0.717) is 25.0 Å². The van der Waals surface area contributed by atoms with E-state index in [4.69, 9.17) is 9.47 Å². The Morgan fingerprint density at radius 3 is 2.65 bits per heavy atom. The van der Waals surface area contributed by atoms with Gasteiger partial charge in [-0.1, -0.05) is 18.2 Å². The predicted molar refractivity (Wildman–Crippen MR) is 74.3 cm³/mol. The maximum atomic E-state index is 11.5. The summed E-state index contributed by atoms with van der Waals surface area (Å²) in [6, 6.07) is 10.9. The number of aromatic nitrogens is 2. The van der Waals surface area contributed by atoms with Gasteiger partial charge in [0.25, 0.3) is 5.56 Å². The van der Waals surface area contributed by atoms with E-state index in [-0.39, 0.29) is 5.56 Å². The number of H-pyrrole nitrogens is 1. The van der Waals surface area contributed by atoms with E-state index in [1.165, 1.54) is 6.07 Å². The third-order valence-corrected chi connectivity index (χ3v) is 3.05. The number of nitrogens with one attached hydrogen (secondary N) is 1. The van der Waals surface area contributed by atoms with Gasteiger partial charge in [0, 0.05) is 5.92 Å². The smallest absolute Gasteiger partial charge is 0.254 e. The number of ether oxygens (including phenoxy) is 2. The van der Waals surface area contributed by atoms with E-state index >= 15 is 0 Å². The minimum atomic E-state index is -0.166. The van der Waals surface area contributed by atoms with Gasteiger partial charge in [-0.15, -0.1) is 0 Å². The van der Waals surface area contributed by atoms with Gasteiger partial charge in [0.1, 0.15) is 24.8 Å². The third-order valence-electron chi connectivity index (χ3n) is 3.05. The van der Waals surface area contributed by atoms with E-state index < -0.39 is 0 Å². The summed E-state index contributed by atoms with van der Waals surface area (Å²) in [6.07, 6.45) is 2.17. The van der Waals surface area contributed by atoms with Crippen LogP contribution in [0.15, 0.2) is 41.2 Å². The lowest BCUT2D eigenvalue weighted by atomic mass is 10.3. The fraction of sp³-hybridized carbons (Fsp3) is 0.333. The summed E-state index contributed by atoms with van der Waals surface area (Å²) in [6.45, 7) is 0.771. The minimum Gasteiger partial charge on any atom is -0.490 e. The molecular weight excluding hydrogens is 256 g/mol. The van der Waals surface area contributed by atoms with E-state index in [9.17, 15) is 4.79 Å². The molecule has 5 nitrogen and oxygen atoms in total. The van der Waals surface area contributed by atoms with Gasteiger partial charge in [-0.05, 0) is 25.0 Å². The fourth-order valence-corrected chi connectivity index (χ4v) is 1.90. The highest BCUT2D eigenvalue weighted by Gasteiger charge is 2.26. The van der Waals surface area contributed by atoms with Crippen LogP contribution in [0, 0.1) is 0 Å². The van der Waals surface area contributed by atoms with E-state index in [2.05, 4.69) is 9.97 Å². The number of nitrogens with zero attached hydrogens (tertiary/aromatic N) is 1. The standard InChI is InChI=1S/C15H16N2O3/c18-13-10-14(17-15(16-13)11-6-7-11)20-9-8-19-12-4-2-1-3-5-12/h1-5,10-11H,6-9H2,(H,16,17,18). The summed E-state index contributed by atoms with van der Waals surface area (Å²) < 4.78 is 11.0. The SMILES string of the molecule is O=c1cc(OCCOc2ccccc2)nc(C2CC2)[nH]1. The normalized spacial score (nSPS) is 14.0. The van der Waals surface area contributed by atoms with Crippen LogP contribution in [-0.4, -0.2) is 23.2 Å². The second kappa shape index (κ2) is 5.77. The maximum Gasteiger partial charge on any atom is 0.254 e. The van der Waals surface area contributed by atoms with Crippen molar-refractivity contribution in [2.45, 2.75) is 18.8 Å². The Balaban J connectivity index is 1.52. The van der Waals surface area contributed by atoms with E-state index in [1.807, 2.05) is 30.3 Å². The van der Waals surface area contributed by atoms with Gasteiger partial charge in [0.05, 0.1) is 6.07 Å². The summed E-state index contributed by atoms with van der Waals surface area (Å²) in [4.78, 5) is 18.5. The van der Waals surface area contributed by atoms with Crippen LogP contribution in [0.4, 0.5) is 0 Å². The van der Waals surface area contributed by atoms with Crippen LogP contribution in [0.1, 0.15) is 24.6 Å². The number of hydrogen-bond acceptors (Lipinski definition) is 4. The van der Waals surface area contributed by atoms with Gasteiger partial charge in [-0.25, -0.2) is 0 Å². The van der Waals surface area contributed by atoms with Crippen LogP contribution in [0.25, 0.3) is 0 Å². The number of benzene rings is 1. The molecule has 0 unspecified atom stereocenters. The van der Waals surface area contributed by atoms with Crippen molar-refractivity contribution in [3.8, 4) is 11.6 Å². The van der Waals surface area contributed by atoms with Crippen LogP contribution >= 0.6 is 0 Å². The molecule has 0 atom stereocenters. The van der Waals surface area contributed by atoms with Crippen molar-refractivity contribution in [3.05, 3.63) is 52.6 Å². The Morgan fingerprint density at radius 1 is 1.15 bits per heavy atom.